The zero-order valence-corrected chi connectivity index (χ0v) is 54.3. The highest BCUT2D eigenvalue weighted by molar-refractivity contribution is 8.02. The minimum absolute atomic E-state index is 0.101. The molecule has 2 N–H and O–H groups in total. The van der Waals surface area contributed by atoms with Gasteiger partial charge in [0.15, 0.2) is 0 Å². The molecule has 9 heterocycles. The standard InChI is InChI=1S/C13H14N2O2.C13H23NOSi.3C6H15N2P3.C4H3NO2/c16-12-10-7-15(8-11(10)13(17)14-12)6-9-4-2-1-3-5-9;1-15-11-14(12-16(2,3)4)10-13-8-6-5-7-9-13;9-7-1-5-3-8(11-10)4-6(5)2-7;9-7-3-1-6-5(7)2-4-8(6)11-10;9-8-2-1-5-3-7(11-10)4-6(5)8;6-3-1-2-4(7)5-3/h1-5,10-11H,6-8H2,(H,14,16,17);5-9H,10-12H2,1-4H3;3*5-6,11H,1-4,9-10H2;1-2H,(H,5,6,7). The van der Waals surface area contributed by atoms with E-state index in [1.807, 2.05) is 23.5 Å². The summed E-state index contributed by atoms with van der Waals surface area (Å²) in [7, 11) is 20.6. The highest BCUT2D eigenvalue weighted by Gasteiger charge is 2.47. The van der Waals surface area contributed by atoms with Gasteiger partial charge >= 0.3 is 0 Å². The molecule has 17 atom stereocenters. The van der Waals surface area contributed by atoms with E-state index in [1.165, 1.54) is 108 Å². The van der Waals surface area contributed by atoms with Crippen molar-refractivity contribution >= 4 is 112 Å². The summed E-state index contributed by atoms with van der Waals surface area (Å²) in [5.74, 6) is 1.75. The molecule has 9 aliphatic rings. The fourth-order valence-electron chi connectivity index (χ4n) is 11.3. The first-order valence-electron chi connectivity index (χ1n) is 25.5. The molecule has 0 aromatic heterocycles. The maximum Gasteiger partial charge on any atom is 0.250 e. The Hall–Kier alpha value is 0.187. The lowest BCUT2D eigenvalue weighted by Crippen LogP contribution is -2.40. The molecule has 73 heavy (non-hydrogen) atoms. The molecule has 2 aromatic rings. The number of methoxy groups -OCH3 is 1. The van der Waals surface area contributed by atoms with Gasteiger partial charge < -0.3 is 4.74 Å². The quantitative estimate of drug-likeness (QED) is 0.117. The van der Waals surface area contributed by atoms with Crippen LogP contribution in [0.25, 0.3) is 0 Å². The Labute approximate surface area is 457 Å². The fraction of sp³-hybridized carbons (Fsp3) is 0.625. The van der Waals surface area contributed by atoms with Crippen molar-refractivity contribution in [2.75, 3.05) is 92.0 Å². The van der Waals surface area contributed by atoms with Crippen LogP contribution in [0.3, 0.4) is 0 Å². The molecule has 0 aliphatic carbocycles. The van der Waals surface area contributed by atoms with E-state index in [0.717, 1.165) is 81.0 Å². The zero-order valence-electron chi connectivity index (χ0n) is 43.4. The molecular weight excluding hydrogens is 1100 g/mol. The molecule has 406 valence electrons. The van der Waals surface area contributed by atoms with Crippen LogP contribution in [-0.2, 0) is 37.0 Å². The van der Waals surface area contributed by atoms with E-state index in [-0.39, 0.29) is 35.5 Å². The largest absolute Gasteiger partial charge is 0.369 e. The Balaban J connectivity index is 0.000000146. The lowest BCUT2D eigenvalue weighted by atomic mass is 10.00. The average molecular weight is 1190 g/mol. The Kier molecular flexibility index (Phi) is 26.7. The Morgan fingerprint density at radius 3 is 1.64 bits per heavy atom. The minimum atomic E-state index is -1.07. The van der Waals surface area contributed by atoms with Crippen molar-refractivity contribution in [3.63, 3.8) is 0 Å². The summed E-state index contributed by atoms with van der Waals surface area (Å²) < 4.78 is 20.3. The van der Waals surface area contributed by atoms with Crippen molar-refractivity contribution in [3.05, 3.63) is 83.9 Å². The summed E-state index contributed by atoms with van der Waals surface area (Å²) in [5, 5.41) is 4.43. The highest BCUT2D eigenvalue weighted by atomic mass is 32.0. The van der Waals surface area contributed by atoms with Gasteiger partial charge in [0.05, 0.1) is 26.6 Å². The molecule has 15 nitrogen and oxygen atoms in total. The number of hydrogen-bond acceptors (Lipinski definition) is 13. The fourth-order valence-corrected chi connectivity index (χ4v) is 18.7. The van der Waals surface area contributed by atoms with E-state index in [2.05, 4.69) is 160 Å². The van der Waals surface area contributed by atoms with Crippen LogP contribution in [0.4, 0.5) is 0 Å². The number of carbonyl (C=O) groups is 4. The number of ether oxygens (including phenoxy) is 1. The van der Waals surface area contributed by atoms with E-state index in [0.29, 0.717) is 13.1 Å². The number of carbonyl (C=O) groups excluding carboxylic acids is 4. The Bertz CT molecular complexity index is 2040. The van der Waals surface area contributed by atoms with Gasteiger partial charge in [0.2, 0.25) is 11.8 Å². The van der Waals surface area contributed by atoms with Crippen LogP contribution < -0.4 is 10.6 Å². The van der Waals surface area contributed by atoms with Crippen LogP contribution in [0.1, 0.15) is 30.4 Å². The van der Waals surface area contributed by atoms with Crippen LogP contribution in [0, 0.1) is 29.6 Å². The molecule has 25 heteroatoms. The molecule has 11 rings (SSSR count). The van der Waals surface area contributed by atoms with Gasteiger partial charge in [-0.25, -0.2) is 0 Å². The molecule has 4 amide bonds. The molecule has 2 aromatic carbocycles. The second-order valence-corrected chi connectivity index (χ2v) is 34.0. The monoisotopic (exact) mass is 1190 g/mol. The second-order valence-electron chi connectivity index (χ2n) is 21.6. The van der Waals surface area contributed by atoms with Gasteiger partial charge in [-0.1, -0.05) is 135 Å². The molecule has 0 bridgehead atoms. The SMILES string of the molecule is COCN(Cc1ccccc1)C[Si](C)(C)C.O=C1C=CC(=O)N1.O=C1NC(=O)C2CN(Cc3ccccc3)CC12.PPN1CC2CCN(P)C2C1.PPN1CC2CN(P)CC2C1.PPN1CCC2C1CCN2P. The normalized spacial score (nSPS) is 29.4. The number of nitrogens with zero attached hydrogens (tertiary/aromatic N) is 8. The van der Waals surface area contributed by atoms with E-state index in [9.17, 15) is 19.2 Å². The summed E-state index contributed by atoms with van der Waals surface area (Å²) in [5.41, 5.74) is 2.58. The minimum Gasteiger partial charge on any atom is -0.369 e. The number of likely N-dealkylation sites (tertiary alicyclic amines) is 1. The Morgan fingerprint density at radius 1 is 0.616 bits per heavy atom. The number of nitrogens with one attached hydrogen (secondary N) is 2. The van der Waals surface area contributed by atoms with Crippen LogP contribution in [0.15, 0.2) is 72.8 Å². The summed E-state index contributed by atoms with van der Waals surface area (Å²) in [6.07, 6.45) is 7.71. The predicted molar refractivity (Wildman–Crippen MR) is 330 cm³/mol. The third-order valence-corrected chi connectivity index (χ3v) is 23.3. The van der Waals surface area contributed by atoms with Crippen molar-refractivity contribution in [1.29, 1.82) is 0 Å². The third kappa shape index (κ3) is 19.7. The average Bonchev–Trinajstić information content (AvgIpc) is 4.24. The molecule has 0 saturated carbocycles. The van der Waals surface area contributed by atoms with E-state index in [4.69, 9.17) is 4.74 Å². The zero-order chi connectivity index (χ0) is 52.7. The summed E-state index contributed by atoms with van der Waals surface area (Å²) in [6, 6.07) is 23.3. The van der Waals surface area contributed by atoms with Gasteiger partial charge in [0.25, 0.3) is 11.8 Å². The maximum atomic E-state index is 11.5. The van der Waals surface area contributed by atoms with Crippen molar-refractivity contribution in [2.45, 2.75) is 70.1 Å². The van der Waals surface area contributed by atoms with Crippen LogP contribution in [-0.4, -0.2) is 180 Å². The summed E-state index contributed by atoms with van der Waals surface area (Å²) in [4.78, 5) is 47.7. The van der Waals surface area contributed by atoms with E-state index in [1.54, 1.807) is 7.11 Å². The van der Waals surface area contributed by atoms with Crippen molar-refractivity contribution in [3.8, 4) is 0 Å². The number of imide groups is 2. The van der Waals surface area contributed by atoms with Gasteiger partial charge in [-0.05, 0) is 79.6 Å². The van der Waals surface area contributed by atoms with E-state index < -0.39 is 8.07 Å². The highest BCUT2D eigenvalue weighted by Crippen LogP contribution is 2.43. The van der Waals surface area contributed by atoms with Gasteiger partial charge in [0.1, 0.15) is 0 Å². The van der Waals surface area contributed by atoms with E-state index >= 15 is 0 Å². The van der Waals surface area contributed by atoms with Gasteiger partial charge in [-0.2, -0.15) is 0 Å². The molecule has 0 spiro atoms. The summed E-state index contributed by atoms with van der Waals surface area (Å²) >= 11 is 0. The topological polar surface area (TPSA) is 127 Å². The first-order chi connectivity index (χ1) is 35.0. The predicted octanol–water partition coefficient (Wildman–Crippen LogP) is 6.06. The van der Waals surface area contributed by atoms with Crippen molar-refractivity contribution in [2.24, 2.45) is 29.6 Å². The lowest BCUT2D eigenvalue weighted by molar-refractivity contribution is -0.127. The third-order valence-electron chi connectivity index (χ3n) is 14.7. The molecule has 9 aliphatic heterocycles. The number of fused-ring (bicyclic) bond motifs is 4. The first-order valence-corrected chi connectivity index (χ1v) is 39.1. The molecule has 0 radical (unpaired) electrons. The maximum absolute atomic E-state index is 11.5. The molecule has 8 saturated heterocycles. The smallest absolute Gasteiger partial charge is 0.250 e. The Morgan fingerprint density at radius 2 is 1.14 bits per heavy atom. The molecule has 17 unspecified atom stereocenters. The lowest BCUT2D eigenvalue weighted by Gasteiger charge is -2.28. The van der Waals surface area contributed by atoms with Crippen molar-refractivity contribution < 1.29 is 23.9 Å². The van der Waals surface area contributed by atoms with Crippen LogP contribution >= 0.6 is 80.2 Å². The van der Waals surface area contributed by atoms with Gasteiger partial charge in [-0.15, -0.1) is 0 Å². The van der Waals surface area contributed by atoms with Gasteiger partial charge in [0, 0.05) is 122 Å². The number of rotatable bonds is 11. The molecule has 8 fully saturated rings. The van der Waals surface area contributed by atoms with Crippen LogP contribution in [0.5, 0.6) is 0 Å². The molecular formula is C48H85N10O5P9Si. The number of hydrogen-bond donors (Lipinski definition) is 2. The van der Waals surface area contributed by atoms with Crippen LogP contribution in [0.2, 0.25) is 19.6 Å². The number of amides is 4. The van der Waals surface area contributed by atoms with Gasteiger partial charge in [-0.3, -0.25) is 67.6 Å². The first kappa shape index (κ1) is 62.4. The summed E-state index contributed by atoms with van der Waals surface area (Å²) in [6.45, 7) is 22.8. The van der Waals surface area contributed by atoms with Crippen molar-refractivity contribution in [1.82, 2.24) is 48.5 Å². The second kappa shape index (κ2) is 31.3. The number of benzene rings is 2.